The van der Waals surface area contributed by atoms with Crippen molar-refractivity contribution in [1.82, 2.24) is 9.78 Å². The number of aromatic nitrogens is 2. The first-order chi connectivity index (χ1) is 9.68. The maximum atomic E-state index is 13.1. The number of aliphatic hydroxyl groups excluding tert-OH is 1. The summed E-state index contributed by atoms with van der Waals surface area (Å²) in [5.74, 6) is -0.380. The molecule has 3 nitrogen and oxygen atoms in total. The lowest BCUT2D eigenvalue weighted by molar-refractivity contribution is 0.176. The zero-order valence-corrected chi connectivity index (χ0v) is 13.4. The monoisotopic (exact) mass is 310 g/mol. The van der Waals surface area contributed by atoms with Gasteiger partial charge in [0.15, 0.2) is 0 Å². The molecule has 1 atom stereocenters. The van der Waals surface area contributed by atoms with Crippen LogP contribution in [-0.2, 0) is 18.9 Å². The minimum Gasteiger partial charge on any atom is -0.388 e. The highest BCUT2D eigenvalue weighted by atomic mass is 35.5. The lowest BCUT2D eigenvalue weighted by atomic mass is 9.87. The van der Waals surface area contributed by atoms with E-state index in [1.807, 2.05) is 13.2 Å². The number of rotatable bonds is 3. The third-order valence-corrected chi connectivity index (χ3v) is 3.71. The maximum absolute atomic E-state index is 13.1. The second-order valence-electron chi connectivity index (χ2n) is 6.31. The van der Waals surface area contributed by atoms with Crippen LogP contribution in [-0.4, -0.2) is 14.9 Å². The van der Waals surface area contributed by atoms with Crippen LogP contribution in [0.2, 0.25) is 5.02 Å². The molecule has 1 unspecified atom stereocenters. The fourth-order valence-electron chi connectivity index (χ4n) is 2.34. The maximum Gasteiger partial charge on any atom is 0.124 e. The molecule has 2 aromatic rings. The summed E-state index contributed by atoms with van der Waals surface area (Å²) in [5.41, 5.74) is 2.19. The van der Waals surface area contributed by atoms with Gasteiger partial charge in [0.1, 0.15) is 5.82 Å². The molecule has 0 spiro atoms. The van der Waals surface area contributed by atoms with Gasteiger partial charge in [0.2, 0.25) is 0 Å². The Labute approximate surface area is 129 Å². The highest BCUT2D eigenvalue weighted by molar-refractivity contribution is 6.31. The molecule has 5 heteroatoms. The van der Waals surface area contributed by atoms with Gasteiger partial charge in [-0.1, -0.05) is 38.4 Å². The normalized spacial score (nSPS) is 13.5. The van der Waals surface area contributed by atoms with Crippen LogP contribution in [0, 0.1) is 5.82 Å². The van der Waals surface area contributed by atoms with Gasteiger partial charge in [-0.2, -0.15) is 5.10 Å². The predicted octanol–water partition coefficient (Wildman–Crippen LogP) is 3.79. The second kappa shape index (κ2) is 5.78. The molecule has 1 N–H and O–H groups in total. The zero-order chi connectivity index (χ0) is 15.8. The second-order valence-corrected chi connectivity index (χ2v) is 6.72. The average Bonchev–Trinajstić information content (AvgIpc) is 2.75. The molecule has 21 heavy (non-hydrogen) atoms. The fraction of sp³-hybridized carbons (Fsp3) is 0.438. The van der Waals surface area contributed by atoms with Crippen molar-refractivity contribution in [3.8, 4) is 0 Å². The van der Waals surface area contributed by atoms with Crippen molar-refractivity contribution >= 4 is 11.6 Å². The largest absolute Gasteiger partial charge is 0.388 e. The lowest BCUT2D eigenvalue weighted by Gasteiger charge is -2.20. The number of hydrogen-bond acceptors (Lipinski definition) is 2. The fourth-order valence-corrected chi connectivity index (χ4v) is 2.58. The van der Waals surface area contributed by atoms with Crippen LogP contribution in [0.15, 0.2) is 24.4 Å². The Bertz CT molecular complexity index is 646. The number of halogens is 2. The van der Waals surface area contributed by atoms with E-state index in [1.165, 1.54) is 12.1 Å². The SMILES string of the molecule is Cn1cc(C(O)Cc2ccc(F)cc2Cl)c(C(C)(C)C)n1. The number of benzene rings is 1. The average molecular weight is 311 g/mol. The van der Waals surface area contributed by atoms with Gasteiger partial charge in [0.25, 0.3) is 0 Å². The van der Waals surface area contributed by atoms with Crippen molar-refractivity contribution in [1.29, 1.82) is 0 Å². The van der Waals surface area contributed by atoms with E-state index >= 15 is 0 Å². The molecule has 0 radical (unpaired) electrons. The van der Waals surface area contributed by atoms with E-state index in [-0.39, 0.29) is 11.2 Å². The molecule has 1 aromatic heterocycles. The van der Waals surface area contributed by atoms with Crippen LogP contribution in [0.4, 0.5) is 4.39 Å². The molecule has 1 heterocycles. The lowest BCUT2D eigenvalue weighted by Crippen LogP contribution is -2.17. The highest BCUT2D eigenvalue weighted by Gasteiger charge is 2.26. The van der Waals surface area contributed by atoms with E-state index < -0.39 is 6.10 Å². The molecule has 0 aliphatic carbocycles. The third kappa shape index (κ3) is 3.63. The first-order valence-corrected chi connectivity index (χ1v) is 7.22. The summed E-state index contributed by atoms with van der Waals surface area (Å²) in [6.45, 7) is 6.16. The van der Waals surface area contributed by atoms with E-state index in [0.717, 1.165) is 11.3 Å². The minimum absolute atomic E-state index is 0.163. The number of nitrogens with zero attached hydrogens (tertiary/aromatic N) is 2. The van der Waals surface area contributed by atoms with E-state index in [4.69, 9.17) is 11.6 Å². The minimum atomic E-state index is -0.726. The molecule has 0 saturated carbocycles. The molecule has 0 aliphatic rings. The molecule has 114 valence electrons. The Kier molecular flexibility index (Phi) is 4.40. The molecular formula is C16H20ClFN2O. The van der Waals surface area contributed by atoms with Gasteiger partial charge in [0.05, 0.1) is 11.8 Å². The van der Waals surface area contributed by atoms with Crippen LogP contribution < -0.4 is 0 Å². The molecule has 0 bridgehead atoms. The number of aryl methyl sites for hydroxylation is 1. The van der Waals surface area contributed by atoms with Gasteiger partial charge >= 0.3 is 0 Å². The van der Waals surface area contributed by atoms with Crippen LogP contribution in [0.25, 0.3) is 0 Å². The van der Waals surface area contributed by atoms with Crippen molar-refractivity contribution in [2.24, 2.45) is 7.05 Å². The van der Waals surface area contributed by atoms with Gasteiger partial charge < -0.3 is 5.11 Å². The molecule has 0 fully saturated rings. The van der Waals surface area contributed by atoms with Crippen molar-refractivity contribution in [3.05, 3.63) is 52.1 Å². The molecule has 1 aromatic carbocycles. The first-order valence-electron chi connectivity index (χ1n) is 6.84. The highest BCUT2D eigenvalue weighted by Crippen LogP contribution is 2.31. The number of aliphatic hydroxyl groups is 1. The Morgan fingerprint density at radius 2 is 2.05 bits per heavy atom. The predicted molar refractivity (Wildman–Crippen MR) is 82.0 cm³/mol. The summed E-state index contributed by atoms with van der Waals surface area (Å²) in [6.07, 6.45) is 1.42. The van der Waals surface area contributed by atoms with Gasteiger partial charge in [0, 0.05) is 35.7 Å². The number of hydrogen-bond donors (Lipinski definition) is 1. The standard InChI is InChI=1S/C16H20ClFN2O/c1-16(2,3)15-12(9-20(4)19-15)14(21)7-10-5-6-11(18)8-13(10)17/h5-6,8-9,14,21H,7H2,1-4H3. The first kappa shape index (κ1) is 16.0. The van der Waals surface area contributed by atoms with E-state index in [2.05, 4.69) is 25.9 Å². The Hall–Kier alpha value is -1.39. The summed E-state index contributed by atoms with van der Waals surface area (Å²) in [6, 6.07) is 4.22. The van der Waals surface area contributed by atoms with E-state index in [0.29, 0.717) is 17.0 Å². The van der Waals surface area contributed by atoms with Crippen LogP contribution in [0.5, 0.6) is 0 Å². The van der Waals surface area contributed by atoms with Gasteiger partial charge in [-0.05, 0) is 17.7 Å². The zero-order valence-electron chi connectivity index (χ0n) is 12.7. The molecule has 2 rings (SSSR count). The van der Waals surface area contributed by atoms with Crippen LogP contribution in [0.1, 0.15) is 43.7 Å². The molecule has 0 saturated heterocycles. The van der Waals surface area contributed by atoms with Crippen LogP contribution >= 0.6 is 11.6 Å². The Morgan fingerprint density at radius 3 is 2.62 bits per heavy atom. The summed E-state index contributed by atoms with van der Waals surface area (Å²) in [4.78, 5) is 0. The van der Waals surface area contributed by atoms with Crippen molar-refractivity contribution in [2.75, 3.05) is 0 Å². The topological polar surface area (TPSA) is 38.0 Å². The Morgan fingerprint density at radius 1 is 1.38 bits per heavy atom. The molecule has 0 amide bonds. The van der Waals surface area contributed by atoms with Gasteiger partial charge in [-0.15, -0.1) is 0 Å². The van der Waals surface area contributed by atoms with Crippen molar-refractivity contribution in [2.45, 2.75) is 38.7 Å². The summed E-state index contributed by atoms with van der Waals surface area (Å²) in [5, 5.41) is 15.3. The molecular weight excluding hydrogens is 291 g/mol. The molecule has 0 aliphatic heterocycles. The van der Waals surface area contributed by atoms with Crippen molar-refractivity contribution < 1.29 is 9.50 Å². The van der Waals surface area contributed by atoms with E-state index in [1.54, 1.807) is 10.7 Å². The third-order valence-electron chi connectivity index (χ3n) is 3.35. The van der Waals surface area contributed by atoms with E-state index in [9.17, 15) is 9.50 Å². The summed E-state index contributed by atoms with van der Waals surface area (Å²) >= 11 is 6.02. The van der Waals surface area contributed by atoms with Gasteiger partial charge in [-0.3, -0.25) is 4.68 Å². The summed E-state index contributed by atoms with van der Waals surface area (Å²) in [7, 11) is 1.83. The van der Waals surface area contributed by atoms with Crippen molar-refractivity contribution in [3.63, 3.8) is 0 Å². The van der Waals surface area contributed by atoms with Crippen LogP contribution in [0.3, 0.4) is 0 Å². The van der Waals surface area contributed by atoms with Gasteiger partial charge in [-0.25, -0.2) is 4.39 Å². The summed E-state index contributed by atoms with van der Waals surface area (Å²) < 4.78 is 14.8. The smallest absolute Gasteiger partial charge is 0.124 e. The quantitative estimate of drug-likeness (QED) is 0.936. The Balaban J connectivity index is 2.30.